The molecule has 0 aliphatic heterocycles. The average Bonchev–Trinajstić information content (AvgIpc) is 3.01. The van der Waals surface area contributed by atoms with Crippen LogP contribution in [0.2, 0.25) is 0 Å². The first-order chi connectivity index (χ1) is 9.42. The molecule has 0 unspecified atom stereocenters. The second kappa shape index (κ2) is 5.30. The van der Waals surface area contributed by atoms with Crippen molar-refractivity contribution in [2.75, 3.05) is 5.32 Å². The number of anilines is 1. The molecule has 3 rings (SSSR count). The summed E-state index contributed by atoms with van der Waals surface area (Å²) in [5.74, 6) is 0. The summed E-state index contributed by atoms with van der Waals surface area (Å²) in [4.78, 5) is 0. The van der Waals surface area contributed by atoms with E-state index in [1.54, 1.807) is 11.0 Å². The molecule has 2 aromatic carbocycles. The van der Waals surface area contributed by atoms with Crippen LogP contribution in [0, 0.1) is 0 Å². The van der Waals surface area contributed by atoms with Crippen LogP contribution in [0.5, 0.6) is 0 Å². The van der Waals surface area contributed by atoms with Gasteiger partial charge in [-0.3, -0.25) is 0 Å². The van der Waals surface area contributed by atoms with Crippen molar-refractivity contribution in [1.29, 1.82) is 0 Å². The first-order valence-corrected chi connectivity index (χ1v) is 6.03. The Labute approximate surface area is 110 Å². The Morgan fingerprint density at radius 1 is 0.947 bits per heavy atom. The molecule has 94 valence electrons. The number of tetrazole rings is 1. The van der Waals surface area contributed by atoms with E-state index >= 15 is 0 Å². The number of rotatable bonds is 4. The molecule has 5 heteroatoms. The van der Waals surface area contributed by atoms with E-state index in [2.05, 4.69) is 33.0 Å². The smallest absolute Gasteiger partial charge is 0.143 e. The fraction of sp³-hybridized carbons (Fsp3) is 0.0714. The van der Waals surface area contributed by atoms with Crippen LogP contribution in [0.25, 0.3) is 5.69 Å². The molecule has 1 N–H and O–H groups in total. The van der Waals surface area contributed by atoms with Gasteiger partial charge in [0.05, 0.1) is 5.69 Å². The second-order valence-electron chi connectivity index (χ2n) is 4.14. The van der Waals surface area contributed by atoms with Crippen molar-refractivity contribution >= 4 is 5.69 Å². The molecule has 0 spiro atoms. The zero-order valence-electron chi connectivity index (χ0n) is 10.3. The SMILES string of the molecule is c1ccc(CNc2ccc(-n3cnnn3)cc2)cc1. The van der Waals surface area contributed by atoms with Crippen molar-refractivity contribution in [2.45, 2.75) is 6.54 Å². The molecule has 0 aliphatic rings. The summed E-state index contributed by atoms with van der Waals surface area (Å²) in [6.07, 6.45) is 1.58. The Morgan fingerprint density at radius 2 is 1.74 bits per heavy atom. The normalized spacial score (nSPS) is 10.3. The lowest BCUT2D eigenvalue weighted by molar-refractivity contribution is 0.789. The van der Waals surface area contributed by atoms with E-state index in [1.165, 1.54) is 5.56 Å². The van der Waals surface area contributed by atoms with Crippen molar-refractivity contribution in [1.82, 2.24) is 20.2 Å². The molecule has 0 amide bonds. The van der Waals surface area contributed by atoms with E-state index in [9.17, 15) is 0 Å². The first kappa shape index (κ1) is 11.4. The zero-order chi connectivity index (χ0) is 12.9. The van der Waals surface area contributed by atoms with Crippen molar-refractivity contribution in [3.63, 3.8) is 0 Å². The Balaban J connectivity index is 1.67. The predicted octanol–water partition coefficient (Wildman–Crippen LogP) is 2.27. The van der Waals surface area contributed by atoms with E-state index in [0.29, 0.717) is 0 Å². The zero-order valence-corrected chi connectivity index (χ0v) is 10.3. The third-order valence-corrected chi connectivity index (χ3v) is 2.82. The van der Waals surface area contributed by atoms with Crippen molar-refractivity contribution in [3.8, 4) is 5.69 Å². The van der Waals surface area contributed by atoms with E-state index in [1.807, 2.05) is 42.5 Å². The van der Waals surface area contributed by atoms with Gasteiger partial charge in [-0.2, -0.15) is 0 Å². The van der Waals surface area contributed by atoms with Gasteiger partial charge in [0.2, 0.25) is 0 Å². The highest BCUT2D eigenvalue weighted by atomic mass is 15.5. The largest absolute Gasteiger partial charge is 0.381 e. The van der Waals surface area contributed by atoms with Crippen LogP contribution in [-0.4, -0.2) is 20.2 Å². The summed E-state index contributed by atoms with van der Waals surface area (Å²) in [6, 6.07) is 18.3. The molecule has 19 heavy (non-hydrogen) atoms. The van der Waals surface area contributed by atoms with Gasteiger partial charge in [0.15, 0.2) is 0 Å². The molecule has 0 fully saturated rings. The number of nitrogens with zero attached hydrogens (tertiary/aromatic N) is 4. The lowest BCUT2D eigenvalue weighted by Crippen LogP contribution is -2.00. The van der Waals surface area contributed by atoms with Crippen LogP contribution in [0.15, 0.2) is 60.9 Å². The lowest BCUT2D eigenvalue weighted by atomic mass is 10.2. The maximum atomic E-state index is 3.84. The maximum absolute atomic E-state index is 3.84. The van der Waals surface area contributed by atoms with Crippen LogP contribution < -0.4 is 5.32 Å². The Bertz CT molecular complexity index is 617. The number of hydrogen-bond acceptors (Lipinski definition) is 4. The van der Waals surface area contributed by atoms with E-state index in [0.717, 1.165) is 17.9 Å². The first-order valence-electron chi connectivity index (χ1n) is 6.03. The monoisotopic (exact) mass is 251 g/mol. The number of nitrogens with one attached hydrogen (secondary N) is 1. The molecule has 0 bridgehead atoms. The molecule has 3 aromatic rings. The van der Waals surface area contributed by atoms with Crippen LogP contribution >= 0.6 is 0 Å². The topological polar surface area (TPSA) is 55.6 Å². The minimum atomic E-state index is 0.811. The summed E-state index contributed by atoms with van der Waals surface area (Å²) in [5.41, 5.74) is 3.27. The summed E-state index contributed by atoms with van der Waals surface area (Å²) < 4.78 is 1.63. The highest BCUT2D eigenvalue weighted by Crippen LogP contribution is 2.13. The molecular formula is C14H13N5. The molecule has 0 atom stereocenters. The second-order valence-corrected chi connectivity index (χ2v) is 4.14. The summed E-state index contributed by atoms with van der Waals surface area (Å²) in [5, 5.41) is 14.4. The third-order valence-electron chi connectivity index (χ3n) is 2.82. The summed E-state index contributed by atoms with van der Waals surface area (Å²) >= 11 is 0. The van der Waals surface area contributed by atoms with Crippen LogP contribution in [0.4, 0.5) is 5.69 Å². The molecule has 0 saturated heterocycles. The number of hydrogen-bond donors (Lipinski definition) is 1. The minimum Gasteiger partial charge on any atom is -0.381 e. The fourth-order valence-corrected chi connectivity index (χ4v) is 1.81. The van der Waals surface area contributed by atoms with Crippen molar-refractivity contribution in [2.24, 2.45) is 0 Å². The van der Waals surface area contributed by atoms with Gasteiger partial charge in [0.1, 0.15) is 6.33 Å². The van der Waals surface area contributed by atoms with E-state index in [4.69, 9.17) is 0 Å². The highest BCUT2D eigenvalue weighted by Gasteiger charge is 1.98. The van der Waals surface area contributed by atoms with Gasteiger partial charge in [-0.15, -0.1) is 5.10 Å². The Morgan fingerprint density at radius 3 is 2.42 bits per heavy atom. The molecule has 0 saturated carbocycles. The third kappa shape index (κ3) is 2.77. The van der Waals surface area contributed by atoms with Gasteiger partial charge in [0, 0.05) is 12.2 Å². The van der Waals surface area contributed by atoms with Gasteiger partial charge >= 0.3 is 0 Å². The van der Waals surface area contributed by atoms with Crippen molar-refractivity contribution in [3.05, 3.63) is 66.5 Å². The quantitative estimate of drug-likeness (QED) is 0.773. The fourth-order valence-electron chi connectivity index (χ4n) is 1.81. The van der Waals surface area contributed by atoms with Gasteiger partial charge in [-0.25, -0.2) is 4.68 Å². The maximum Gasteiger partial charge on any atom is 0.143 e. The van der Waals surface area contributed by atoms with Gasteiger partial charge in [-0.1, -0.05) is 30.3 Å². The number of aromatic nitrogens is 4. The van der Waals surface area contributed by atoms with Crippen LogP contribution in [0.1, 0.15) is 5.56 Å². The molecule has 1 heterocycles. The molecule has 5 nitrogen and oxygen atoms in total. The van der Waals surface area contributed by atoms with Crippen LogP contribution in [0.3, 0.4) is 0 Å². The molecule has 0 aliphatic carbocycles. The highest BCUT2D eigenvalue weighted by molar-refractivity contribution is 5.48. The Hall–Kier alpha value is -2.69. The molecule has 1 aromatic heterocycles. The van der Waals surface area contributed by atoms with Gasteiger partial charge < -0.3 is 5.32 Å². The predicted molar refractivity (Wildman–Crippen MR) is 72.9 cm³/mol. The number of benzene rings is 2. The van der Waals surface area contributed by atoms with Crippen molar-refractivity contribution < 1.29 is 0 Å². The molecular weight excluding hydrogens is 238 g/mol. The van der Waals surface area contributed by atoms with Gasteiger partial charge in [0.25, 0.3) is 0 Å². The summed E-state index contributed by atoms with van der Waals surface area (Å²) in [6.45, 7) is 0.811. The van der Waals surface area contributed by atoms with E-state index < -0.39 is 0 Å². The van der Waals surface area contributed by atoms with E-state index in [-0.39, 0.29) is 0 Å². The molecule has 0 radical (unpaired) electrons. The standard InChI is InChI=1S/C14H13N5/c1-2-4-12(5-3-1)10-15-13-6-8-14(9-7-13)19-11-16-17-18-19/h1-9,11,15H,10H2. The average molecular weight is 251 g/mol. The lowest BCUT2D eigenvalue weighted by Gasteiger charge is -2.07. The van der Waals surface area contributed by atoms with Gasteiger partial charge in [-0.05, 0) is 40.3 Å². The Kier molecular flexibility index (Phi) is 3.18. The van der Waals surface area contributed by atoms with Crippen LogP contribution in [-0.2, 0) is 6.54 Å². The summed E-state index contributed by atoms with van der Waals surface area (Å²) in [7, 11) is 0. The minimum absolute atomic E-state index is 0.811.